The van der Waals surface area contributed by atoms with E-state index in [9.17, 15) is 0 Å². The van der Waals surface area contributed by atoms with Gasteiger partial charge in [-0.1, -0.05) is 29.7 Å². The second-order valence-electron chi connectivity index (χ2n) is 3.90. The fourth-order valence-electron chi connectivity index (χ4n) is 1.97. The lowest BCUT2D eigenvalue weighted by Gasteiger charge is -2.15. The zero-order chi connectivity index (χ0) is 8.27. The zero-order valence-corrected chi connectivity index (χ0v) is 8.87. The quantitative estimate of drug-likeness (QED) is 0.551. The molecule has 0 aliphatic carbocycles. The van der Waals surface area contributed by atoms with Crippen LogP contribution in [-0.4, -0.2) is 17.8 Å². The van der Waals surface area contributed by atoms with Crippen LogP contribution in [0.5, 0.6) is 0 Å². The Balaban J connectivity index is 2.39. The van der Waals surface area contributed by atoms with E-state index in [1.165, 1.54) is 32.4 Å². The molecular weight excluding hydrogens is 153 g/mol. The number of rotatable bonds is 1. The van der Waals surface area contributed by atoms with Crippen LogP contribution in [0, 0.1) is 11.8 Å². The SMILES string of the molecule is CCC1CCN(P)CC(C)C1. The van der Waals surface area contributed by atoms with Crippen molar-refractivity contribution in [1.82, 2.24) is 4.67 Å². The summed E-state index contributed by atoms with van der Waals surface area (Å²) in [6.45, 7) is 7.22. The minimum absolute atomic E-state index is 0.889. The molecule has 2 heteroatoms. The van der Waals surface area contributed by atoms with Crippen molar-refractivity contribution in [3.63, 3.8) is 0 Å². The molecule has 1 rings (SSSR count). The Hall–Kier alpha value is 0.390. The zero-order valence-electron chi connectivity index (χ0n) is 7.71. The Morgan fingerprint density at radius 2 is 2.27 bits per heavy atom. The summed E-state index contributed by atoms with van der Waals surface area (Å²) in [5.41, 5.74) is 0. The Labute approximate surface area is 72.8 Å². The van der Waals surface area contributed by atoms with E-state index in [-0.39, 0.29) is 0 Å². The van der Waals surface area contributed by atoms with Crippen LogP contribution in [-0.2, 0) is 0 Å². The number of hydrogen-bond donors (Lipinski definition) is 0. The monoisotopic (exact) mass is 173 g/mol. The van der Waals surface area contributed by atoms with Gasteiger partial charge in [0.05, 0.1) is 0 Å². The van der Waals surface area contributed by atoms with E-state index in [0.29, 0.717) is 0 Å². The van der Waals surface area contributed by atoms with Crippen LogP contribution in [0.2, 0.25) is 0 Å². The summed E-state index contributed by atoms with van der Waals surface area (Å²) in [7, 11) is 2.83. The van der Waals surface area contributed by atoms with Crippen LogP contribution in [0.1, 0.15) is 33.1 Å². The summed E-state index contributed by atoms with van der Waals surface area (Å²) in [5.74, 6) is 1.87. The van der Waals surface area contributed by atoms with Gasteiger partial charge in [-0.2, -0.15) is 0 Å². The van der Waals surface area contributed by atoms with Crippen LogP contribution in [0.25, 0.3) is 0 Å². The molecule has 3 atom stereocenters. The Bertz CT molecular complexity index is 116. The minimum atomic E-state index is 0.889. The summed E-state index contributed by atoms with van der Waals surface area (Å²) in [6, 6.07) is 0. The van der Waals surface area contributed by atoms with Gasteiger partial charge in [-0.25, -0.2) is 0 Å². The van der Waals surface area contributed by atoms with Gasteiger partial charge in [0, 0.05) is 13.1 Å². The molecule has 1 heterocycles. The van der Waals surface area contributed by atoms with E-state index in [1.807, 2.05) is 0 Å². The van der Waals surface area contributed by atoms with Crippen molar-refractivity contribution >= 4 is 9.39 Å². The summed E-state index contributed by atoms with van der Waals surface area (Å²) in [4.78, 5) is 0. The Morgan fingerprint density at radius 1 is 1.55 bits per heavy atom. The average molecular weight is 173 g/mol. The molecule has 0 amide bonds. The third kappa shape index (κ3) is 3.09. The normalized spacial score (nSPS) is 35.2. The van der Waals surface area contributed by atoms with Crippen molar-refractivity contribution in [2.75, 3.05) is 13.1 Å². The molecule has 0 spiro atoms. The second-order valence-corrected chi connectivity index (χ2v) is 4.63. The number of hydrogen-bond acceptors (Lipinski definition) is 1. The predicted molar refractivity (Wildman–Crippen MR) is 53.5 cm³/mol. The van der Waals surface area contributed by atoms with E-state index in [1.54, 1.807) is 0 Å². The molecule has 0 aromatic carbocycles. The van der Waals surface area contributed by atoms with Gasteiger partial charge >= 0.3 is 0 Å². The van der Waals surface area contributed by atoms with Crippen molar-refractivity contribution in [2.45, 2.75) is 33.1 Å². The van der Waals surface area contributed by atoms with Gasteiger partial charge < -0.3 is 0 Å². The minimum Gasteiger partial charge on any atom is -0.287 e. The summed E-state index contributed by atoms with van der Waals surface area (Å²) in [5, 5.41) is 0. The highest BCUT2D eigenvalue weighted by Gasteiger charge is 2.17. The molecule has 0 bridgehead atoms. The predicted octanol–water partition coefficient (Wildman–Crippen LogP) is 2.53. The van der Waals surface area contributed by atoms with Crippen LogP contribution in [0.3, 0.4) is 0 Å². The molecule has 0 radical (unpaired) electrons. The highest BCUT2D eigenvalue weighted by molar-refractivity contribution is 7.13. The summed E-state index contributed by atoms with van der Waals surface area (Å²) in [6.07, 6.45) is 4.19. The average Bonchev–Trinajstić information content (AvgIpc) is 2.11. The van der Waals surface area contributed by atoms with Crippen LogP contribution in [0.15, 0.2) is 0 Å². The van der Waals surface area contributed by atoms with Gasteiger partial charge in [0.25, 0.3) is 0 Å². The highest BCUT2D eigenvalue weighted by atomic mass is 31.0. The van der Waals surface area contributed by atoms with Crippen molar-refractivity contribution in [3.8, 4) is 0 Å². The molecule has 1 aliphatic rings. The van der Waals surface area contributed by atoms with E-state index < -0.39 is 0 Å². The molecular formula is C9H20NP. The van der Waals surface area contributed by atoms with E-state index >= 15 is 0 Å². The summed E-state index contributed by atoms with van der Waals surface area (Å²) < 4.78 is 2.39. The first-order valence-corrected chi connectivity index (χ1v) is 5.23. The maximum Gasteiger partial charge on any atom is 0.00420 e. The maximum absolute atomic E-state index is 2.83. The van der Waals surface area contributed by atoms with Crippen molar-refractivity contribution in [3.05, 3.63) is 0 Å². The summed E-state index contributed by atoms with van der Waals surface area (Å²) >= 11 is 0. The van der Waals surface area contributed by atoms with Crippen molar-refractivity contribution in [2.24, 2.45) is 11.8 Å². The lowest BCUT2D eigenvalue weighted by molar-refractivity contribution is 0.392. The first-order chi connectivity index (χ1) is 5.22. The van der Waals surface area contributed by atoms with Gasteiger partial charge in [-0.05, 0) is 24.7 Å². The smallest absolute Gasteiger partial charge is 0.00420 e. The van der Waals surface area contributed by atoms with Crippen molar-refractivity contribution in [1.29, 1.82) is 0 Å². The van der Waals surface area contributed by atoms with Crippen LogP contribution in [0.4, 0.5) is 0 Å². The highest BCUT2D eigenvalue weighted by Crippen LogP contribution is 2.25. The molecule has 0 aromatic rings. The maximum atomic E-state index is 2.83. The molecule has 1 saturated heterocycles. The van der Waals surface area contributed by atoms with Gasteiger partial charge in [0.2, 0.25) is 0 Å². The molecule has 0 saturated carbocycles. The fraction of sp³-hybridized carbons (Fsp3) is 1.00. The topological polar surface area (TPSA) is 3.24 Å². The second kappa shape index (κ2) is 4.42. The number of nitrogens with zero attached hydrogens (tertiary/aromatic N) is 1. The first kappa shape index (κ1) is 9.48. The molecule has 66 valence electrons. The van der Waals surface area contributed by atoms with Gasteiger partial charge in [-0.15, -0.1) is 0 Å². The van der Waals surface area contributed by atoms with Crippen molar-refractivity contribution < 1.29 is 0 Å². The van der Waals surface area contributed by atoms with Crippen LogP contribution >= 0.6 is 9.39 Å². The van der Waals surface area contributed by atoms with E-state index in [2.05, 4.69) is 27.9 Å². The van der Waals surface area contributed by atoms with Gasteiger partial charge in [0.1, 0.15) is 0 Å². The molecule has 11 heavy (non-hydrogen) atoms. The van der Waals surface area contributed by atoms with Crippen LogP contribution < -0.4 is 0 Å². The fourth-order valence-corrected chi connectivity index (χ4v) is 2.48. The molecule has 0 aromatic heterocycles. The molecule has 0 N–H and O–H groups in total. The molecule has 1 nitrogen and oxygen atoms in total. The third-order valence-electron chi connectivity index (χ3n) is 2.68. The van der Waals surface area contributed by atoms with Gasteiger partial charge in [0.15, 0.2) is 0 Å². The third-order valence-corrected chi connectivity index (χ3v) is 3.15. The van der Waals surface area contributed by atoms with Gasteiger partial charge in [-0.3, -0.25) is 4.67 Å². The lowest BCUT2D eigenvalue weighted by atomic mass is 9.93. The van der Waals surface area contributed by atoms with E-state index in [0.717, 1.165) is 11.8 Å². The Morgan fingerprint density at radius 3 is 2.91 bits per heavy atom. The van der Waals surface area contributed by atoms with E-state index in [4.69, 9.17) is 0 Å². The Kier molecular flexibility index (Phi) is 3.81. The molecule has 3 unspecified atom stereocenters. The lowest BCUT2D eigenvalue weighted by Crippen LogP contribution is -2.16. The standard InChI is InChI=1S/C9H20NP/c1-3-9-4-5-10(11)7-8(2)6-9/h8-9H,3-7,11H2,1-2H3. The first-order valence-electron chi connectivity index (χ1n) is 4.72. The largest absolute Gasteiger partial charge is 0.287 e. The molecule has 1 aliphatic heterocycles. The molecule has 1 fully saturated rings.